The van der Waals surface area contributed by atoms with Crippen LogP contribution in [0.4, 0.5) is 0 Å². The highest BCUT2D eigenvalue weighted by molar-refractivity contribution is 6.33. The lowest BCUT2D eigenvalue weighted by atomic mass is 10.1. The van der Waals surface area contributed by atoms with E-state index in [1.54, 1.807) is 30.3 Å². The first kappa shape index (κ1) is 19.0. The number of hydrogen-bond donors (Lipinski definition) is 2. The van der Waals surface area contributed by atoms with E-state index in [1.807, 2.05) is 6.07 Å². The van der Waals surface area contributed by atoms with Crippen LogP contribution in [0.3, 0.4) is 0 Å². The van der Waals surface area contributed by atoms with Crippen molar-refractivity contribution in [2.75, 3.05) is 0 Å². The van der Waals surface area contributed by atoms with Crippen LogP contribution < -0.4 is 5.32 Å². The second kappa shape index (κ2) is 8.29. The van der Waals surface area contributed by atoms with Gasteiger partial charge in [0.2, 0.25) is 0 Å². The molecular formula is C20H13ClN2O5. The molecule has 3 aromatic rings. The van der Waals surface area contributed by atoms with Gasteiger partial charge in [0.05, 0.1) is 23.4 Å². The third kappa shape index (κ3) is 4.31. The highest BCUT2D eigenvalue weighted by Crippen LogP contribution is 2.27. The zero-order valence-electron chi connectivity index (χ0n) is 14.3. The van der Waals surface area contributed by atoms with Crippen molar-refractivity contribution >= 4 is 29.6 Å². The van der Waals surface area contributed by atoms with Gasteiger partial charge in [-0.15, -0.1) is 0 Å². The van der Waals surface area contributed by atoms with Gasteiger partial charge in [0, 0.05) is 11.6 Å². The van der Waals surface area contributed by atoms with Gasteiger partial charge in [0.15, 0.2) is 0 Å². The molecule has 1 amide bonds. The molecule has 28 heavy (non-hydrogen) atoms. The Balaban J connectivity index is 1.78. The molecule has 2 aromatic heterocycles. The van der Waals surface area contributed by atoms with Crippen molar-refractivity contribution in [1.29, 1.82) is 5.26 Å². The minimum Gasteiger partial charge on any atom is -0.478 e. The monoisotopic (exact) mass is 396 g/mol. The molecule has 0 aliphatic rings. The average molecular weight is 397 g/mol. The van der Waals surface area contributed by atoms with Gasteiger partial charge in [-0.05, 0) is 42.5 Å². The molecule has 0 aliphatic carbocycles. The molecule has 0 atom stereocenters. The molecule has 7 nitrogen and oxygen atoms in total. The number of aromatic carboxylic acids is 1. The standard InChI is InChI=1S/C20H13ClN2O5/c21-17-5-3-12(9-16(17)20(25)26)18-6-4-14(28-18)8-13(10-22)19(24)23-11-15-2-1-7-27-15/h1-9H,11H2,(H,23,24)(H,25,26)/b13-8+. The number of carboxylic acid groups (broad SMARTS) is 1. The third-order valence-electron chi connectivity index (χ3n) is 3.76. The van der Waals surface area contributed by atoms with Gasteiger partial charge >= 0.3 is 5.97 Å². The molecule has 2 N–H and O–H groups in total. The molecule has 0 aliphatic heterocycles. The molecule has 0 fully saturated rings. The number of carboxylic acids is 1. The minimum absolute atomic E-state index is 0.0531. The molecular weight excluding hydrogens is 384 g/mol. The molecule has 0 unspecified atom stereocenters. The highest BCUT2D eigenvalue weighted by atomic mass is 35.5. The summed E-state index contributed by atoms with van der Waals surface area (Å²) in [5, 5.41) is 21.1. The number of carbonyl (C=O) groups excluding carboxylic acids is 1. The van der Waals surface area contributed by atoms with Crippen molar-refractivity contribution in [2.24, 2.45) is 0 Å². The van der Waals surface area contributed by atoms with E-state index in [9.17, 15) is 14.9 Å². The Hall–Kier alpha value is -3.76. The maximum Gasteiger partial charge on any atom is 0.337 e. The maximum absolute atomic E-state index is 12.1. The van der Waals surface area contributed by atoms with Crippen LogP contribution in [0.5, 0.6) is 0 Å². The number of furan rings is 2. The lowest BCUT2D eigenvalue weighted by Crippen LogP contribution is -2.23. The van der Waals surface area contributed by atoms with Crippen LogP contribution in [0.15, 0.2) is 63.1 Å². The van der Waals surface area contributed by atoms with Crippen LogP contribution in [0.2, 0.25) is 5.02 Å². The van der Waals surface area contributed by atoms with E-state index in [1.165, 1.54) is 24.5 Å². The first-order valence-electron chi connectivity index (χ1n) is 8.03. The van der Waals surface area contributed by atoms with Crippen molar-refractivity contribution in [3.8, 4) is 17.4 Å². The van der Waals surface area contributed by atoms with Gasteiger partial charge in [-0.1, -0.05) is 11.6 Å². The van der Waals surface area contributed by atoms with Gasteiger partial charge in [-0.25, -0.2) is 4.79 Å². The molecule has 0 radical (unpaired) electrons. The van der Waals surface area contributed by atoms with Crippen LogP contribution in [0, 0.1) is 11.3 Å². The normalized spacial score (nSPS) is 11.1. The van der Waals surface area contributed by atoms with Crippen LogP contribution in [-0.4, -0.2) is 17.0 Å². The van der Waals surface area contributed by atoms with Gasteiger partial charge in [-0.2, -0.15) is 5.26 Å². The van der Waals surface area contributed by atoms with Crippen LogP contribution >= 0.6 is 11.6 Å². The zero-order chi connectivity index (χ0) is 20.1. The number of amides is 1. The molecule has 140 valence electrons. The number of nitrogens with zero attached hydrogens (tertiary/aromatic N) is 1. The largest absolute Gasteiger partial charge is 0.478 e. The summed E-state index contributed by atoms with van der Waals surface area (Å²) in [6, 6.07) is 12.9. The van der Waals surface area contributed by atoms with Crippen LogP contribution in [0.25, 0.3) is 17.4 Å². The molecule has 8 heteroatoms. The Morgan fingerprint density at radius 1 is 1.25 bits per heavy atom. The highest BCUT2D eigenvalue weighted by Gasteiger charge is 2.14. The van der Waals surface area contributed by atoms with Crippen molar-refractivity contribution in [3.05, 3.63) is 76.4 Å². The lowest BCUT2D eigenvalue weighted by Gasteiger charge is -2.02. The third-order valence-corrected chi connectivity index (χ3v) is 4.09. The fraction of sp³-hybridized carbons (Fsp3) is 0.0500. The van der Waals surface area contributed by atoms with Gasteiger partial charge in [0.25, 0.3) is 5.91 Å². The van der Waals surface area contributed by atoms with Gasteiger partial charge in [-0.3, -0.25) is 4.79 Å². The predicted octanol–water partition coefficient (Wildman–Crippen LogP) is 4.11. The number of halogens is 1. The number of nitrogens with one attached hydrogen (secondary N) is 1. The van der Waals surface area contributed by atoms with Crippen molar-refractivity contribution < 1.29 is 23.5 Å². The number of rotatable bonds is 6. The Labute approximate surface area is 164 Å². The molecule has 0 saturated carbocycles. The summed E-state index contributed by atoms with van der Waals surface area (Å²) in [6.07, 6.45) is 2.79. The summed E-state index contributed by atoms with van der Waals surface area (Å²) >= 11 is 5.86. The van der Waals surface area contributed by atoms with E-state index < -0.39 is 11.9 Å². The van der Waals surface area contributed by atoms with E-state index in [2.05, 4.69) is 5.32 Å². The van der Waals surface area contributed by atoms with Crippen LogP contribution in [0.1, 0.15) is 21.9 Å². The van der Waals surface area contributed by atoms with Crippen molar-refractivity contribution in [3.63, 3.8) is 0 Å². The predicted molar refractivity (Wildman–Crippen MR) is 100 cm³/mol. The van der Waals surface area contributed by atoms with E-state index in [0.717, 1.165) is 0 Å². The maximum atomic E-state index is 12.1. The summed E-state index contributed by atoms with van der Waals surface area (Å²) in [4.78, 5) is 23.3. The van der Waals surface area contributed by atoms with Crippen LogP contribution in [-0.2, 0) is 11.3 Å². The average Bonchev–Trinajstić information content (AvgIpc) is 3.36. The van der Waals surface area contributed by atoms with E-state index in [4.69, 9.17) is 25.5 Å². The second-order valence-electron chi connectivity index (χ2n) is 5.63. The molecule has 2 heterocycles. The number of carbonyl (C=O) groups is 2. The number of nitriles is 1. The lowest BCUT2D eigenvalue weighted by molar-refractivity contribution is -0.117. The Kier molecular flexibility index (Phi) is 5.63. The molecule has 1 aromatic carbocycles. The van der Waals surface area contributed by atoms with Crippen molar-refractivity contribution in [2.45, 2.75) is 6.54 Å². The fourth-order valence-corrected chi connectivity index (χ4v) is 2.59. The summed E-state index contributed by atoms with van der Waals surface area (Å²) < 4.78 is 10.7. The molecule has 3 rings (SSSR count). The summed E-state index contributed by atoms with van der Waals surface area (Å²) in [5.41, 5.74) is 0.305. The topological polar surface area (TPSA) is 116 Å². The SMILES string of the molecule is N#C/C(=C\c1ccc(-c2ccc(Cl)c(C(=O)O)c2)o1)C(=O)NCc1ccco1. The summed E-state index contributed by atoms with van der Waals surface area (Å²) in [5.74, 6) is -0.525. The smallest absolute Gasteiger partial charge is 0.337 e. The quantitative estimate of drug-likeness (QED) is 0.478. The Morgan fingerprint density at radius 2 is 2.07 bits per heavy atom. The van der Waals surface area contributed by atoms with Crippen molar-refractivity contribution in [1.82, 2.24) is 5.32 Å². The Bertz CT molecular complexity index is 1090. The van der Waals surface area contributed by atoms with E-state index in [-0.39, 0.29) is 28.5 Å². The number of benzene rings is 1. The fourth-order valence-electron chi connectivity index (χ4n) is 2.39. The summed E-state index contributed by atoms with van der Waals surface area (Å²) in [7, 11) is 0. The van der Waals surface area contributed by atoms with Gasteiger partial charge < -0.3 is 19.3 Å². The number of hydrogen-bond acceptors (Lipinski definition) is 5. The Morgan fingerprint density at radius 3 is 2.75 bits per heavy atom. The zero-order valence-corrected chi connectivity index (χ0v) is 15.1. The van der Waals surface area contributed by atoms with E-state index >= 15 is 0 Å². The first-order valence-corrected chi connectivity index (χ1v) is 8.41. The second-order valence-corrected chi connectivity index (χ2v) is 6.04. The minimum atomic E-state index is -1.15. The first-order chi connectivity index (χ1) is 13.5. The van der Waals surface area contributed by atoms with Gasteiger partial charge in [0.1, 0.15) is 28.9 Å². The summed E-state index contributed by atoms with van der Waals surface area (Å²) in [6.45, 7) is 0.150. The molecule has 0 spiro atoms. The molecule has 0 saturated heterocycles. The molecule has 0 bridgehead atoms. The van der Waals surface area contributed by atoms with E-state index in [0.29, 0.717) is 17.1 Å².